The molecule has 1 aromatic heterocycles. The summed E-state index contributed by atoms with van der Waals surface area (Å²) in [4.78, 5) is 17.6. The molecule has 1 unspecified atom stereocenters. The minimum Gasteiger partial charge on any atom is -0.368 e. The zero-order valence-corrected chi connectivity index (χ0v) is 15.7. The molecule has 1 amide bonds. The summed E-state index contributed by atoms with van der Waals surface area (Å²) in [7, 11) is 0. The van der Waals surface area contributed by atoms with Crippen molar-refractivity contribution in [3.05, 3.63) is 86.8 Å². The van der Waals surface area contributed by atoms with Gasteiger partial charge >= 0.3 is 0 Å². The van der Waals surface area contributed by atoms with Gasteiger partial charge in [-0.3, -0.25) is 4.79 Å². The van der Waals surface area contributed by atoms with Crippen molar-refractivity contribution in [2.45, 2.75) is 10.7 Å². The summed E-state index contributed by atoms with van der Waals surface area (Å²) in [5.41, 5.74) is 7.46. The second kappa shape index (κ2) is 7.05. The van der Waals surface area contributed by atoms with Gasteiger partial charge < -0.3 is 5.73 Å². The standard InChI is InChI=1S/C18H14BrClN2OS/c19-18(16(21)23,13-7-2-1-3-8-13)17-22-11-14(24-17)10-12-6-4-5-9-15(12)20/h1-9,11H,10H2,(H2,21,23). The van der Waals surface area contributed by atoms with Gasteiger partial charge in [0, 0.05) is 22.5 Å². The molecule has 3 aromatic rings. The van der Waals surface area contributed by atoms with Gasteiger partial charge in [-0.15, -0.1) is 11.3 Å². The molecule has 0 spiro atoms. The molecule has 2 N–H and O–H groups in total. The first-order valence-corrected chi connectivity index (χ1v) is 9.23. The molecule has 3 nitrogen and oxygen atoms in total. The largest absolute Gasteiger partial charge is 0.368 e. The molecule has 0 saturated carbocycles. The normalized spacial score (nSPS) is 13.4. The first-order valence-electron chi connectivity index (χ1n) is 7.24. The lowest BCUT2D eigenvalue weighted by Gasteiger charge is -2.21. The van der Waals surface area contributed by atoms with Crippen molar-refractivity contribution in [1.29, 1.82) is 0 Å². The van der Waals surface area contributed by atoms with Crippen molar-refractivity contribution < 1.29 is 4.79 Å². The molecule has 0 radical (unpaired) electrons. The van der Waals surface area contributed by atoms with Crippen LogP contribution >= 0.6 is 38.9 Å². The van der Waals surface area contributed by atoms with E-state index in [0.717, 1.165) is 21.0 Å². The Bertz CT molecular complexity index is 868. The highest BCUT2D eigenvalue weighted by Gasteiger charge is 2.40. The predicted molar refractivity (Wildman–Crippen MR) is 102 cm³/mol. The van der Waals surface area contributed by atoms with E-state index in [9.17, 15) is 4.79 Å². The molecular weight excluding hydrogens is 408 g/mol. The summed E-state index contributed by atoms with van der Waals surface area (Å²) in [5, 5.41) is 1.33. The van der Waals surface area contributed by atoms with Crippen molar-refractivity contribution >= 4 is 44.8 Å². The van der Waals surface area contributed by atoms with Gasteiger partial charge in [-0.1, -0.05) is 76.1 Å². The average Bonchev–Trinajstić information content (AvgIpc) is 3.06. The van der Waals surface area contributed by atoms with Gasteiger partial charge in [0.2, 0.25) is 5.91 Å². The van der Waals surface area contributed by atoms with Crippen molar-refractivity contribution in [2.24, 2.45) is 5.73 Å². The number of alkyl halides is 1. The molecule has 6 heteroatoms. The van der Waals surface area contributed by atoms with Crippen LogP contribution in [0.25, 0.3) is 0 Å². The quantitative estimate of drug-likeness (QED) is 0.616. The van der Waals surface area contributed by atoms with E-state index in [1.54, 1.807) is 6.20 Å². The summed E-state index contributed by atoms with van der Waals surface area (Å²) in [6.07, 6.45) is 2.43. The SMILES string of the molecule is NC(=O)C(Br)(c1ccccc1)c1ncc(Cc2ccccc2Cl)s1. The van der Waals surface area contributed by atoms with Gasteiger partial charge in [0.15, 0.2) is 4.32 Å². The first kappa shape index (κ1) is 17.1. The number of rotatable bonds is 5. The zero-order chi connectivity index (χ0) is 17.2. The van der Waals surface area contributed by atoms with Gasteiger partial charge in [0.05, 0.1) is 0 Å². The summed E-state index contributed by atoms with van der Waals surface area (Å²) in [6, 6.07) is 17.0. The van der Waals surface area contributed by atoms with E-state index < -0.39 is 10.2 Å². The van der Waals surface area contributed by atoms with Crippen LogP contribution in [0.4, 0.5) is 0 Å². The Labute approximate surface area is 157 Å². The Morgan fingerprint density at radius 3 is 2.50 bits per heavy atom. The van der Waals surface area contributed by atoms with E-state index in [1.165, 1.54) is 11.3 Å². The van der Waals surface area contributed by atoms with E-state index in [1.807, 2.05) is 54.6 Å². The molecule has 0 bridgehead atoms. The highest BCUT2D eigenvalue weighted by molar-refractivity contribution is 9.10. The number of carbonyl (C=O) groups is 1. The third kappa shape index (κ3) is 3.24. The molecule has 0 fully saturated rings. The second-order valence-electron chi connectivity index (χ2n) is 5.29. The maximum absolute atomic E-state index is 12.2. The first-order chi connectivity index (χ1) is 11.5. The summed E-state index contributed by atoms with van der Waals surface area (Å²) in [5.74, 6) is -0.493. The lowest BCUT2D eigenvalue weighted by Crippen LogP contribution is -2.36. The fourth-order valence-corrected chi connectivity index (χ4v) is 4.27. The minimum absolute atomic E-state index is 0.493. The summed E-state index contributed by atoms with van der Waals surface area (Å²) >= 11 is 11.2. The van der Waals surface area contributed by atoms with E-state index in [0.29, 0.717) is 11.4 Å². The number of nitrogens with two attached hydrogens (primary N) is 1. The maximum atomic E-state index is 12.2. The minimum atomic E-state index is -1.13. The number of aromatic nitrogens is 1. The highest BCUT2D eigenvalue weighted by atomic mass is 79.9. The molecule has 3 rings (SSSR count). The van der Waals surface area contributed by atoms with E-state index in [4.69, 9.17) is 17.3 Å². The van der Waals surface area contributed by atoms with Crippen LogP contribution in [0.5, 0.6) is 0 Å². The molecule has 0 aliphatic heterocycles. The molecule has 0 aliphatic rings. The van der Waals surface area contributed by atoms with Crippen LogP contribution in [0.1, 0.15) is 21.0 Å². The number of amides is 1. The Morgan fingerprint density at radius 2 is 1.83 bits per heavy atom. The Hall–Kier alpha value is -1.69. The van der Waals surface area contributed by atoms with Gasteiger partial charge in [-0.25, -0.2) is 4.98 Å². The fourth-order valence-electron chi connectivity index (χ4n) is 2.42. The summed E-state index contributed by atoms with van der Waals surface area (Å²) < 4.78 is -1.13. The number of nitrogens with zero attached hydrogens (tertiary/aromatic N) is 1. The zero-order valence-electron chi connectivity index (χ0n) is 12.6. The van der Waals surface area contributed by atoms with Crippen molar-refractivity contribution in [2.75, 3.05) is 0 Å². The van der Waals surface area contributed by atoms with Crippen LogP contribution in [0, 0.1) is 0 Å². The van der Waals surface area contributed by atoms with Crippen LogP contribution in [-0.4, -0.2) is 10.9 Å². The molecule has 0 aliphatic carbocycles. The molecule has 122 valence electrons. The Balaban J connectivity index is 1.96. The fraction of sp³-hybridized carbons (Fsp3) is 0.111. The number of hydrogen-bond acceptors (Lipinski definition) is 3. The van der Waals surface area contributed by atoms with Crippen molar-refractivity contribution in [3.8, 4) is 0 Å². The number of primary amides is 1. The Morgan fingerprint density at radius 1 is 1.17 bits per heavy atom. The van der Waals surface area contributed by atoms with Gasteiger partial charge in [-0.2, -0.15) is 0 Å². The highest BCUT2D eigenvalue weighted by Crippen LogP contribution is 2.40. The topological polar surface area (TPSA) is 56.0 Å². The van der Waals surface area contributed by atoms with Gasteiger partial charge in [-0.05, 0) is 17.2 Å². The molecule has 1 atom stereocenters. The van der Waals surface area contributed by atoms with Crippen LogP contribution < -0.4 is 5.73 Å². The van der Waals surface area contributed by atoms with Crippen LogP contribution in [0.2, 0.25) is 5.02 Å². The van der Waals surface area contributed by atoms with Gasteiger partial charge in [0.25, 0.3) is 0 Å². The van der Waals surface area contributed by atoms with Crippen LogP contribution in [0.3, 0.4) is 0 Å². The lowest BCUT2D eigenvalue weighted by atomic mass is 9.99. The smallest absolute Gasteiger partial charge is 0.245 e. The predicted octanol–water partition coefficient (Wildman–Crippen LogP) is 4.51. The third-order valence-electron chi connectivity index (χ3n) is 3.68. The monoisotopic (exact) mass is 420 g/mol. The van der Waals surface area contributed by atoms with Crippen LogP contribution in [0.15, 0.2) is 60.8 Å². The van der Waals surface area contributed by atoms with Crippen molar-refractivity contribution in [1.82, 2.24) is 4.98 Å². The molecule has 0 saturated heterocycles. The Kier molecular flexibility index (Phi) is 5.04. The molecule has 24 heavy (non-hydrogen) atoms. The number of carbonyl (C=O) groups excluding carboxylic acids is 1. The van der Waals surface area contributed by atoms with E-state index in [2.05, 4.69) is 20.9 Å². The molecular formula is C18H14BrClN2OS. The lowest BCUT2D eigenvalue weighted by molar-refractivity contribution is -0.119. The second-order valence-corrected chi connectivity index (χ2v) is 8.00. The number of thiazole rings is 1. The van der Waals surface area contributed by atoms with Gasteiger partial charge in [0.1, 0.15) is 5.01 Å². The number of hydrogen-bond donors (Lipinski definition) is 1. The summed E-state index contributed by atoms with van der Waals surface area (Å²) in [6.45, 7) is 0. The van der Waals surface area contributed by atoms with E-state index in [-0.39, 0.29) is 0 Å². The number of benzene rings is 2. The van der Waals surface area contributed by atoms with Crippen LogP contribution in [-0.2, 0) is 15.5 Å². The number of halogens is 2. The third-order valence-corrected chi connectivity index (χ3v) is 6.65. The molecule has 1 heterocycles. The molecule has 2 aromatic carbocycles. The van der Waals surface area contributed by atoms with E-state index >= 15 is 0 Å². The average molecular weight is 422 g/mol. The van der Waals surface area contributed by atoms with Crippen molar-refractivity contribution in [3.63, 3.8) is 0 Å². The maximum Gasteiger partial charge on any atom is 0.245 e.